The molecule has 0 radical (unpaired) electrons. The summed E-state index contributed by atoms with van der Waals surface area (Å²) < 4.78 is 0. The fraction of sp³-hybridized carbons (Fsp3) is 0.583. The van der Waals surface area contributed by atoms with Crippen LogP contribution in [0.5, 0.6) is 0 Å². The van der Waals surface area contributed by atoms with E-state index in [1.54, 1.807) is 11.3 Å². The molecule has 1 spiro atoms. The number of aryl methyl sites for hydroxylation is 1. The zero-order chi connectivity index (χ0) is 10.3. The summed E-state index contributed by atoms with van der Waals surface area (Å²) >= 11 is 1.61. The van der Waals surface area contributed by atoms with Crippen LogP contribution >= 0.6 is 11.3 Å². The van der Waals surface area contributed by atoms with Gasteiger partial charge in [-0.1, -0.05) is 0 Å². The molecule has 3 rings (SSSR count). The number of carbonyl (C=O) groups is 1. The second kappa shape index (κ2) is 3.42. The summed E-state index contributed by atoms with van der Waals surface area (Å²) in [6.07, 6.45) is 5.50. The third-order valence-electron chi connectivity index (χ3n) is 3.70. The van der Waals surface area contributed by atoms with Crippen molar-refractivity contribution >= 4 is 17.1 Å². The summed E-state index contributed by atoms with van der Waals surface area (Å²) in [5.74, 6) is 0.360. The first-order chi connectivity index (χ1) is 7.32. The Morgan fingerprint density at radius 1 is 1.33 bits per heavy atom. The molecule has 2 nitrogen and oxygen atoms in total. The van der Waals surface area contributed by atoms with Gasteiger partial charge in [-0.2, -0.15) is 0 Å². The number of nitrogens with one attached hydrogen (secondary N) is 1. The lowest BCUT2D eigenvalue weighted by Crippen LogP contribution is -2.56. The zero-order valence-corrected chi connectivity index (χ0v) is 9.53. The number of piperidine rings is 1. The van der Waals surface area contributed by atoms with Crippen molar-refractivity contribution in [1.29, 1.82) is 0 Å². The molecule has 1 fully saturated rings. The molecule has 0 aromatic carbocycles. The van der Waals surface area contributed by atoms with Crippen molar-refractivity contribution in [3.63, 3.8) is 0 Å². The minimum absolute atomic E-state index is 0.198. The van der Waals surface area contributed by atoms with Crippen LogP contribution in [0.25, 0.3) is 0 Å². The summed E-state index contributed by atoms with van der Waals surface area (Å²) in [6.45, 7) is 1.01. The highest BCUT2D eigenvalue weighted by Crippen LogP contribution is 2.36. The second-order valence-electron chi connectivity index (χ2n) is 4.57. The van der Waals surface area contributed by atoms with Gasteiger partial charge in [0.25, 0.3) is 0 Å². The van der Waals surface area contributed by atoms with Crippen LogP contribution in [0.4, 0.5) is 0 Å². The predicted molar refractivity (Wildman–Crippen MR) is 61.6 cm³/mol. The van der Waals surface area contributed by atoms with E-state index in [2.05, 4.69) is 11.4 Å². The van der Waals surface area contributed by atoms with E-state index in [4.69, 9.17) is 0 Å². The van der Waals surface area contributed by atoms with Crippen LogP contribution in [-0.4, -0.2) is 17.9 Å². The second-order valence-corrected chi connectivity index (χ2v) is 5.49. The van der Waals surface area contributed by atoms with Crippen molar-refractivity contribution in [3.05, 3.63) is 21.9 Å². The lowest BCUT2D eigenvalue weighted by molar-refractivity contribution is 0.0787. The SMILES string of the molecule is O=C1c2sccc2CCC12CCCCN2. The van der Waals surface area contributed by atoms with Crippen LogP contribution in [0.1, 0.15) is 40.9 Å². The Morgan fingerprint density at radius 2 is 2.27 bits per heavy atom. The van der Waals surface area contributed by atoms with Gasteiger partial charge in [-0.25, -0.2) is 0 Å². The molecule has 1 saturated heterocycles. The number of hydrogen-bond acceptors (Lipinski definition) is 3. The highest BCUT2D eigenvalue weighted by atomic mass is 32.1. The Balaban J connectivity index is 1.98. The van der Waals surface area contributed by atoms with Crippen molar-refractivity contribution in [2.75, 3.05) is 6.54 Å². The first-order valence-electron chi connectivity index (χ1n) is 5.68. The molecule has 2 heterocycles. The van der Waals surface area contributed by atoms with E-state index in [0.29, 0.717) is 5.78 Å². The highest BCUT2D eigenvalue weighted by Gasteiger charge is 2.43. The molecule has 3 heteroatoms. The van der Waals surface area contributed by atoms with E-state index < -0.39 is 0 Å². The van der Waals surface area contributed by atoms with Gasteiger partial charge in [0.1, 0.15) is 0 Å². The third-order valence-corrected chi connectivity index (χ3v) is 4.66. The van der Waals surface area contributed by atoms with E-state index in [1.807, 2.05) is 5.38 Å². The summed E-state index contributed by atoms with van der Waals surface area (Å²) in [6, 6.07) is 2.10. The van der Waals surface area contributed by atoms with Crippen LogP contribution in [0.15, 0.2) is 11.4 Å². The number of Topliss-reactive ketones (excluding diaryl/α,β-unsaturated/α-hetero) is 1. The molecular formula is C12H15NOS. The Labute approximate surface area is 93.7 Å². The van der Waals surface area contributed by atoms with Gasteiger partial charge in [0, 0.05) is 0 Å². The van der Waals surface area contributed by atoms with Crippen LogP contribution in [0.2, 0.25) is 0 Å². The summed E-state index contributed by atoms with van der Waals surface area (Å²) in [5, 5.41) is 5.52. The first kappa shape index (κ1) is 9.55. The number of rotatable bonds is 0. The van der Waals surface area contributed by atoms with E-state index in [1.165, 1.54) is 18.4 Å². The van der Waals surface area contributed by atoms with Crippen molar-refractivity contribution in [1.82, 2.24) is 5.32 Å². The van der Waals surface area contributed by atoms with Crippen LogP contribution in [0.3, 0.4) is 0 Å². The minimum Gasteiger partial charge on any atom is -0.305 e. The zero-order valence-electron chi connectivity index (χ0n) is 8.71. The summed E-state index contributed by atoms with van der Waals surface area (Å²) in [5.41, 5.74) is 1.07. The van der Waals surface area contributed by atoms with Crippen LogP contribution in [-0.2, 0) is 6.42 Å². The summed E-state index contributed by atoms with van der Waals surface area (Å²) in [4.78, 5) is 13.4. The quantitative estimate of drug-likeness (QED) is 0.729. The Bertz CT molecular complexity index is 390. The molecule has 1 N–H and O–H groups in total. The molecule has 1 atom stereocenters. The van der Waals surface area contributed by atoms with Crippen molar-refractivity contribution in [2.24, 2.45) is 0 Å². The van der Waals surface area contributed by atoms with Gasteiger partial charge in [0.05, 0.1) is 10.4 Å². The lowest BCUT2D eigenvalue weighted by Gasteiger charge is -2.39. The molecule has 2 aliphatic rings. The molecule has 80 valence electrons. The third kappa shape index (κ3) is 1.37. The highest BCUT2D eigenvalue weighted by molar-refractivity contribution is 7.12. The molecule has 1 aromatic heterocycles. The molecule has 1 aliphatic heterocycles. The van der Waals surface area contributed by atoms with E-state index in [9.17, 15) is 4.79 Å². The van der Waals surface area contributed by atoms with Crippen LogP contribution in [0, 0.1) is 0 Å². The summed E-state index contributed by atoms with van der Waals surface area (Å²) in [7, 11) is 0. The average Bonchev–Trinajstić information content (AvgIpc) is 2.74. The van der Waals surface area contributed by atoms with Gasteiger partial charge < -0.3 is 5.32 Å². The van der Waals surface area contributed by atoms with Gasteiger partial charge >= 0.3 is 0 Å². The van der Waals surface area contributed by atoms with Crippen molar-refractivity contribution in [2.45, 2.75) is 37.6 Å². The molecule has 1 aromatic rings. The van der Waals surface area contributed by atoms with Gasteiger partial charge in [0.15, 0.2) is 5.78 Å². The lowest BCUT2D eigenvalue weighted by atomic mass is 9.75. The topological polar surface area (TPSA) is 29.1 Å². The number of carbonyl (C=O) groups excluding carboxylic acids is 1. The van der Waals surface area contributed by atoms with Crippen molar-refractivity contribution in [3.8, 4) is 0 Å². The van der Waals surface area contributed by atoms with Gasteiger partial charge in [-0.15, -0.1) is 11.3 Å². The molecule has 1 unspecified atom stereocenters. The molecular weight excluding hydrogens is 206 g/mol. The number of fused-ring (bicyclic) bond motifs is 1. The van der Waals surface area contributed by atoms with Gasteiger partial charge in [-0.05, 0) is 55.7 Å². The first-order valence-corrected chi connectivity index (χ1v) is 6.56. The van der Waals surface area contributed by atoms with Gasteiger partial charge in [0.2, 0.25) is 0 Å². The molecule has 0 bridgehead atoms. The van der Waals surface area contributed by atoms with Crippen LogP contribution < -0.4 is 5.32 Å². The normalized spacial score (nSPS) is 30.5. The maximum Gasteiger partial charge on any atom is 0.193 e. The number of hydrogen-bond donors (Lipinski definition) is 1. The number of ketones is 1. The Morgan fingerprint density at radius 3 is 3.07 bits per heavy atom. The minimum atomic E-state index is -0.198. The van der Waals surface area contributed by atoms with E-state index >= 15 is 0 Å². The average molecular weight is 221 g/mol. The molecule has 15 heavy (non-hydrogen) atoms. The van der Waals surface area contributed by atoms with E-state index in [-0.39, 0.29) is 5.54 Å². The maximum absolute atomic E-state index is 12.4. The largest absolute Gasteiger partial charge is 0.305 e. The van der Waals surface area contributed by atoms with E-state index in [0.717, 1.165) is 30.7 Å². The standard InChI is InChI=1S/C12H15NOS/c14-11-10-9(4-8-15-10)3-6-12(11)5-1-2-7-13-12/h4,8,13H,1-3,5-7H2. The number of thiophene rings is 1. The predicted octanol–water partition coefficient (Wildman–Crippen LogP) is 2.39. The Hall–Kier alpha value is -0.670. The fourth-order valence-electron chi connectivity index (χ4n) is 2.79. The molecule has 0 saturated carbocycles. The van der Waals surface area contributed by atoms with Crippen molar-refractivity contribution < 1.29 is 4.79 Å². The monoisotopic (exact) mass is 221 g/mol. The van der Waals surface area contributed by atoms with Gasteiger partial charge in [-0.3, -0.25) is 4.79 Å². The fourth-order valence-corrected chi connectivity index (χ4v) is 3.78. The molecule has 1 aliphatic carbocycles. The Kier molecular flexibility index (Phi) is 2.18. The smallest absolute Gasteiger partial charge is 0.193 e. The molecule has 0 amide bonds. The maximum atomic E-state index is 12.4.